The molecule has 2 rings (SSSR count). The Kier molecular flexibility index (Phi) is 4.17. The van der Waals surface area contributed by atoms with Crippen molar-refractivity contribution in [3.63, 3.8) is 0 Å². The molecule has 20 heavy (non-hydrogen) atoms. The van der Waals surface area contributed by atoms with Gasteiger partial charge in [0.15, 0.2) is 0 Å². The van der Waals surface area contributed by atoms with Gasteiger partial charge >= 0.3 is 6.18 Å². The number of nitrogens with two attached hydrogens (primary N) is 1. The van der Waals surface area contributed by atoms with E-state index in [2.05, 4.69) is 0 Å². The summed E-state index contributed by atoms with van der Waals surface area (Å²) in [6, 6.07) is 12.1. The number of benzene rings is 2. The van der Waals surface area contributed by atoms with Crippen LogP contribution >= 0.6 is 0 Å². The van der Waals surface area contributed by atoms with Crippen molar-refractivity contribution >= 4 is 5.69 Å². The average molecular weight is 281 g/mol. The second-order valence-electron chi connectivity index (χ2n) is 4.36. The summed E-state index contributed by atoms with van der Waals surface area (Å²) < 4.78 is 42.7. The third-order valence-corrected chi connectivity index (χ3v) is 2.82. The highest BCUT2D eigenvalue weighted by atomic mass is 19.4. The lowest BCUT2D eigenvalue weighted by atomic mass is 10.1. The minimum atomic E-state index is -4.29. The van der Waals surface area contributed by atoms with Crippen LogP contribution in [0.4, 0.5) is 18.9 Å². The van der Waals surface area contributed by atoms with E-state index in [9.17, 15) is 13.2 Å². The first-order valence-electron chi connectivity index (χ1n) is 6.09. The van der Waals surface area contributed by atoms with Gasteiger partial charge in [0.1, 0.15) is 5.75 Å². The Morgan fingerprint density at radius 2 is 1.50 bits per heavy atom. The average Bonchev–Trinajstić information content (AvgIpc) is 2.41. The molecule has 106 valence electrons. The van der Waals surface area contributed by atoms with Gasteiger partial charge in [-0.15, -0.1) is 0 Å². The Labute approximate surface area is 115 Å². The van der Waals surface area contributed by atoms with Crippen LogP contribution < -0.4 is 10.5 Å². The van der Waals surface area contributed by atoms with Crippen LogP contribution in [0, 0.1) is 0 Å². The number of nitrogen functional groups attached to an aromatic ring is 1. The van der Waals surface area contributed by atoms with Gasteiger partial charge in [0.25, 0.3) is 0 Å². The second kappa shape index (κ2) is 5.86. The molecule has 0 aliphatic rings. The van der Waals surface area contributed by atoms with E-state index in [-0.39, 0.29) is 0 Å². The normalized spacial score (nSPS) is 11.3. The minimum Gasteiger partial charge on any atom is -0.493 e. The molecule has 0 aromatic heterocycles. The maximum absolute atomic E-state index is 12.4. The molecule has 0 radical (unpaired) electrons. The van der Waals surface area contributed by atoms with Crippen molar-refractivity contribution in [2.24, 2.45) is 0 Å². The van der Waals surface area contributed by atoms with Crippen molar-refractivity contribution in [2.45, 2.75) is 12.6 Å². The first-order chi connectivity index (χ1) is 9.45. The summed E-state index contributed by atoms with van der Waals surface area (Å²) in [5.74, 6) is 0.686. The standard InChI is InChI=1S/C15H14F3NO/c16-15(17,18)12-3-1-11(2-4-12)9-10-20-14-7-5-13(19)6-8-14/h1-8H,9-10,19H2. The zero-order chi connectivity index (χ0) is 14.6. The maximum Gasteiger partial charge on any atom is 0.416 e. The number of hydrogen-bond donors (Lipinski definition) is 1. The number of hydrogen-bond acceptors (Lipinski definition) is 2. The SMILES string of the molecule is Nc1ccc(OCCc2ccc(C(F)(F)F)cc2)cc1. The van der Waals surface area contributed by atoms with Gasteiger partial charge in [0, 0.05) is 12.1 Å². The van der Waals surface area contributed by atoms with Crippen LogP contribution in [0.3, 0.4) is 0 Å². The molecule has 0 spiro atoms. The Bertz CT molecular complexity index is 547. The summed E-state index contributed by atoms with van der Waals surface area (Å²) in [4.78, 5) is 0. The van der Waals surface area contributed by atoms with Crippen LogP contribution in [0.15, 0.2) is 48.5 Å². The monoisotopic (exact) mass is 281 g/mol. The highest BCUT2D eigenvalue weighted by Crippen LogP contribution is 2.29. The zero-order valence-electron chi connectivity index (χ0n) is 10.7. The lowest BCUT2D eigenvalue weighted by Crippen LogP contribution is -2.05. The van der Waals surface area contributed by atoms with Crippen LogP contribution in [0.5, 0.6) is 5.75 Å². The summed E-state index contributed by atoms with van der Waals surface area (Å²) in [5, 5.41) is 0. The van der Waals surface area contributed by atoms with Crippen LogP contribution in [-0.4, -0.2) is 6.61 Å². The third kappa shape index (κ3) is 3.91. The molecule has 0 aliphatic heterocycles. The highest BCUT2D eigenvalue weighted by Gasteiger charge is 2.29. The first kappa shape index (κ1) is 14.2. The number of halogens is 3. The molecule has 5 heteroatoms. The Morgan fingerprint density at radius 3 is 2.05 bits per heavy atom. The smallest absolute Gasteiger partial charge is 0.416 e. The van der Waals surface area contributed by atoms with Crippen LogP contribution in [0.2, 0.25) is 0 Å². The summed E-state index contributed by atoms with van der Waals surface area (Å²) in [6.45, 7) is 0.398. The molecule has 0 aliphatic carbocycles. The largest absolute Gasteiger partial charge is 0.493 e. The second-order valence-corrected chi connectivity index (χ2v) is 4.36. The molecule has 0 heterocycles. The summed E-state index contributed by atoms with van der Waals surface area (Å²) in [7, 11) is 0. The molecule has 0 atom stereocenters. The Morgan fingerprint density at radius 1 is 0.900 bits per heavy atom. The fraction of sp³-hybridized carbons (Fsp3) is 0.200. The predicted molar refractivity (Wildman–Crippen MR) is 71.5 cm³/mol. The molecule has 2 nitrogen and oxygen atoms in total. The molecule has 0 amide bonds. The molecule has 0 saturated heterocycles. The van der Waals surface area contributed by atoms with E-state index in [1.807, 2.05) is 0 Å². The zero-order valence-corrected chi connectivity index (χ0v) is 10.7. The molecule has 0 bridgehead atoms. The predicted octanol–water partition coefficient (Wildman–Crippen LogP) is 3.91. The molecular weight excluding hydrogens is 267 g/mol. The van der Waals surface area contributed by atoms with Crippen LogP contribution in [0.1, 0.15) is 11.1 Å². The van der Waals surface area contributed by atoms with E-state index in [1.54, 1.807) is 24.3 Å². The number of ether oxygens (including phenoxy) is 1. The van der Waals surface area contributed by atoms with E-state index < -0.39 is 11.7 Å². The van der Waals surface area contributed by atoms with Crippen molar-refractivity contribution in [1.29, 1.82) is 0 Å². The van der Waals surface area contributed by atoms with Gasteiger partial charge in [-0.05, 0) is 42.0 Å². The van der Waals surface area contributed by atoms with Crippen molar-refractivity contribution in [3.05, 3.63) is 59.7 Å². The van der Waals surface area contributed by atoms with Gasteiger partial charge in [0.2, 0.25) is 0 Å². The molecule has 0 fully saturated rings. The summed E-state index contributed by atoms with van der Waals surface area (Å²) in [6.07, 6.45) is -3.75. The quantitative estimate of drug-likeness (QED) is 0.862. The van der Waals surface area contributed by atoms with Crippen LogP contribution in [-0.2, 0) is 12.6 Å². The third-order valence-electron chi connectivity index (χ3n) is 2.82. The van der Waals surface area contributed by atoms with Gasteiger partial charge in [0.05, 0.1) is 12.2 Å². The first-order valence-corrected chi connectivity index (χ1v) is 6.09. The Balaban J connectivity index is 1.87. The number of rotatable bonds is 4. The molecule has 2 aromatic carbocycles. The molecule has 2 N–H and O–H groups in total. The fourth-order valence-corrected chi connectivity index (χ4v) is 1.71. The van der Waals surface area contributed by atoms with E-state index in [0.717, 1.165) is 17.7 Å². The maximum atomic E-state index is 12.4. The van der Waals surface area contributed by atoms with Crippen molar-refractivity contribution in [2.75, 3.05) is 12.3 Å². The van der Waals surface area contributed by atoms with E-state index in [1.165, 1.54) is 12.1 Å². The lowest BCUT2D eigenvalue weighted by molar-refractivity contribution is -0.137. The van der Waals surface area contributed by atoms with Gasteiger partial charge in [-0.1, -0.05) is 12.1 Å². The van der Waals surface area contributed by atoms with Crippen molar-refractivity contribution < 1.29 is 17.9 Å². The van der Waals surface area contributed by atoms with Gasteiger partial charge in [-0.25, -0.2) is 0 Å². The number of anilines is 1. The number of alkyl halides is 3. The molecular formula is C15H14F3NO. The van der Waals surface area contributed by atoms with Crippen molar-refractivity contribution in [3.8, 4) is 5.75 Å². The van der Waals surface area contributed by atoms with E-state index in [4.69, 9.17) is 10.5 Å². The van der Waals surface area contributed by atoms with Gasteiger partial charge in [-0.3, -0.25) is 0 Å². The lowest BCUT2D eigenvalue weighted by Gasteiger charge is -2.09. The minimum absolute atomic E-state index is 0.398. The summed E-state index contributed by atoms with van der Waals surface area (Å²) >= 11 is 0. The molecule has 2 aromatic rings. The fourth-order valence-electron chi connectivity index (χ4n) is 1.71. The van der Waals surface area contributed by atoms with Crippen molar-refractivity contribution in [1.82, 2.24) is 0 Å². The summed E-state index contributed by atoms with van der Waals surface area (Å²) in [5.41, 5.74) is 6.36. The van der Waals surface area contributed by atoms with Crippen LogP contribution in [0.25, 0.3) is 0 Å². The van der Waals surface area contributed by atoms with Gasteiger partial charge < -0.3 is 10.5 Å². The molecule has 0 saturated carbocycles. The van der Waals surface area contributed by atoms with Gasteiger partial charge in [-0.2, -0.15) is 13.2 Å². The Hall–Kier alpha value is -2.17. The molecule has 0 unspecified atom stereocenters. The topological polar surface area (TPSA) is 35.2 Å². The van der Waals surface area contributed by atoms with E-state index >= 15 is 0 Å². The highest BCUT2D eigenvalue weighted by molar-refractivity contribution is 5.41. The van der Waals surface area contributed by atoms with E-state index in [0.29, 0.717) is 24.5 Å².